The molecule has 1 N–H and O–H groups in total. The molecule has 1 aromatic heterocycles. The van der Waals surface area contributed by atoms with Gasteiger partial charge in [-0.15, -0.1) is 0 Å². The van der Waals surface area contributed by atoms with Gasteiger partial charge in [0.1, 0.15) is 11.6 Å². The minimum absolute atomic E-state index is 0.0672. The highest BCUT2D eigenvalue weighted by molar-refractivity contribution is 7.99. The second kappa shape index (κ2) is 9.80. The van der Waals surface area contributed by atoms with Gasteiger partial charge in [-0.05, 0) is 36.7 Å². The highest BCUT2D eigenvalue weighted by Crippen LogP contribution is 2.37. The van der Waals surface area contributed by atoms with Crippen molar-refractivity contribution in [2.75, 3.05) is 43.4 Å². The number of amides is 1. The summed E-state index contributed by atoms with van der Waals surface area (Å²) in [6, 6.07) is 16.1. The van der Waals surface area contributed by atoms with Crippen molar-refractivity contribution in [2.24, 2.45) is 0 Å². The Hall–Kier alpha value is -3.10. The van der Waals surface area contributed by atoms with E-state index >= 15 is 0 Å². The molecular weight excluding hydrogens is 434 g/mol. The lowest BCUT2D eigenvalue weighted by atomic mass is 10.0. The number of rotatable bonds is 6. The third kappa shape index (κ3) is 5.12. The normalized spacial score (nSPS) is 16.3. The topological polar surface area (TPSA) is 70.6 Å². The lowest BCUT2D eigenvalue weighted by Gasteiger charge is -2.33. The summed E-state index contributed by atoms with van der Waals surface area (Å²) >= 11 is 1.56. The van der Waals surface area contributed by atoms with Crippen LogP contribution in [0.4, 0.5) is 11.5 Å². The molecule has 0 bridgehead atoms. The lowest BCUT2D eigenvalue weighted by molar-refractivity contribution is -0.116. The molecule has 33 heavy (non-hydrogen) atoms. The SMILES string of the molecule is CN1CCN(c2ncc(Sc3cccc4c3CCC(=O)N4)nc2OCc2ccccc2)CC1. The van der Waals surface area contributed by atoms with Gasteiger partial charge < -0.3 is 19.9 Å². The summed E-state index contributed by atoms with van der Waals surface area (Å²) in [7, 11) is 2.14. The molecule has 3 heterocycles. The number of carbonyl (C=O) groups excluding carboxylic acids is 1. The Balaban J connectivity index is 1.41. The zero-order chi connectivity index (χ0) is 22.6. The number of piperazine rings is 1. The Morgan fingerprint density at radius 3 is 2.67 bits per heavy atom. The van der Waals surface area contributed by atoms with E-state index in [2.05, 4.69) is 28.2 Å². The Morgan fingerprint density at radius 2 is 1.85 bits per heavy atom. The van der Waals surface area contributed by atoms with Crippen molar-refractivity contribution >= 4 is 29.2 Å². The first-order chi connectivity index (χ1) is 16.2. The molecule has 0 spiro atoms. The first-order valence-corrected chi connectivity index (χ1v) is 12.0. The van der Waals surface area contributed by atoms with Crippen molar-refractivity contribution < 1.29 is 9.53 Å². The molecule has 8 heteroatoms. The van der Waals surface area contributed by atoms with Gasteiger partial charge in [-0.25, -0.2) is 9.97 Å². The van der Waals surface area contributed by atoms with Crippen LogP contribution >= 0.6 is 11.8 Å². The van der Waals surface area contributed by atoms with Crippen LogP contribution in [0.15, 0.2) is 64.6 Å². The molecule has 0 unspecified atom stereocenters. The van der Waals surface area contributed by atoms with Crippen LogP contribution in [-0.4, -0.2) is 54.0 Å². The van der Waals surface area contributed by atoms with E-state index in [0.29, 0.717) is 18.9 Å². The minimum atomic E-state index is 0.0672. The van der Waals surface area contributed by atoms with Crippen LogP contribution in [0.2, 0.25) is 0 Å². The van der Waals surface area contributed by atoms with E-state index in [9.17, 15) is 4.79 Å². The third-order valence-electron chi connectivity index (χ3n) is 5.95. The number of hydrogen-bond acceptors (Lipinski definition) is 7. The number of nitrogens with zero attached hydrogens (tertiary/aromatic N) is 4. The molecule has 170 valence electrons. The van der Waals surface area contributed by atoms with Gasteiger partial charge in [-0.2, -0.15) is 0 Å². The smallest absolute Gasteiger partial charge is 0.259 e. The Bertz CT molecular complexity index is 1130. The number of anilines is 2. The molecule has 0 aliphatic carbocycles. The van der Waals surface area contributed by atoms with Crippen LogP contribution in [0.3, 0.4) is 0 Å². The molecule has 1 fully saturated rings. The van der Waals surface area contributed by atoms with E-state index in [1.54, 1.807) is 11.8 Å². The van der Waals surface area contributed by atoms with Crippen molar-refractivity contribution in [1.82, 2.24) is 14.9 Å². The molecule has 2 aliphatic rings. The fraction of sp³-hybridized carbons (Fsp3) is 0.320. The Kier molecular flexibility index (Phi) is 6.46. The highest BCUT2D eigenvalue weighted by Gasteiger charge is 2.22. The van der Waals surface area contributed by atoms with Crippen molar-refractivity contribution in [3.05, 3.63) is 65.9 Å². The Labute approximate surface area is 198 Å². The summed E-state index contributed by atoms with van der Waals surface area (Å²) in [5.74, 6) is 1.43. The molecule has 7 nitrogen and oxygen atoms in total. The van der Waals surface area contributed by atoms with E-state index in [-0.39, 0.29) is 5.91 Å². The summed E-state index contributed by atoms with van der Waals surface area (Å²) in [5.41, 5.74) is 3.13. The largest absolute Gasteiger partial charge is 0.470 e. The van der Waals surface area contributed by atoms with Crippen LogP contribution < -0.4 is 15.0 Å². The van der Waals surface area contributed by atoms with Gasteiger partial charge in [0.2, 0.25) is 5.91 Å². The van der Waals surface area contributed by atoms with Gasteiger partial charge >= 0.3 is 0 Å². The number of ether oxygens (including phenoxy) is 1. The van der Waals surface area contributed by atoms with Gasteiger partial charge in [-0.1, -0.05) is 48.2 Å². The zero-order valence-corrected chi connectivity index (χ0v) is 19.5. The van der Waals surface area contributed by atoms with E-state index in [4.69, 9.17) is 14.7 Å². The summed E-state index contributed by atoms with van der Waals surface area (Å²) < 4.78 is 6.21. The molecule has 1 amide bonds. The van der Waals surface area contributed by atoms with Gasteiger partial charge in [0, 0.05) is 43.2 Å². The number of carbonyl (C=O) groups is 1. The number of hydrogen-bond donors (Lipinski definition) is 1. The third-order valence-corrected chi connectivity index (χ3v) is 6.95. The summed E-state index contributed by atoms with van der Waals surface area (Å²) in [4.78, 5) is 27.1. The maximum absolute atomic E-state index is 11.8. The van der Waals surface area contributed by atoms with Gasteiger partial charge in [0.25, 0.3) is 5.88 Å². The predicted molar refractivity (Wildman–Crippen MR) is 130 cm³/mol. The fourth-order valence-corrected chi connectivity index (χ4v) is 5.00. The van der Waals surface area contributed by atoms with Crippen LogP contribution in [0.1, 0.15) is 17.5 Å². The summed E-state index contributed by atoms with van der Waals surface area (Å²) in [5, 5.41) is 3.75. The number of fused-ring (bicyclic) bond motifs is 1. The average Bonchev–Trinajstić information content (AvgIpc) is 2.84. The van der Waals surface area contributed by atoms with Crippen LogP contribution in [0.25, 0.3) is 0 Å². The standard InChI is InChI=1S/C25H27N5O2S/c1-29-12-14-30(15-13-29)24-25(32-17-18-6-3-2-4-7-18)28-23(16-26-24)33-21-9-5-8-20-19(21)10-11-22(31)27-20/h2-9,16H,10-15,17H2,1H3,(H,27,31). The fourth-order valence-electron chi connectivity index (χ4n) is 4.06. The van der Waals surface area contributed by atoms with Gasteiger partial charge in [-0.3, -0.25) is 4.79 Å². The first kappa shape index (κ1) is 21.7. The van der Waals surface area contributed by atoms with E-state index in [0.717, 1.165) is 65.2 Å². The lowest BCUT2D eigenvalue weighted by Crippen LogP contribution is -2.45. The average molecular weight is 462 g/mol. The van der Waals surface area contributed by atoms with E-state index in [1.165, 1.54) is 0 Å². The van der Waals surface area contributed by atoms with Gasteiger partial charge in [0.15, 0.2) is 5.82 Å². The van der Waals surface area contributed by atoms with Crippen molar-refractivity contribution in [1.29, 1.82) is 0 Å². The second-order valence-electron chi connectivity index (χ2n) is 8.33. The number of nitrogens with one attached hydrogen (secondary N) is 1. The van der Waals surface area contributed by atoms with E-state index in [1.807, 2.05) is 48.7 Å². The van der Waals surface area contributed by atoms with Crippen LogP contribution in [0.5, 0.6) is 5.88 Å². The maximum Gasteiger partial charge on any atom is 0.259 e. The van der Waals surface area contributed by atoms with Crippen molar-refractivity contribution in [3.8, 4) is 5.88 Å². The van der Waals surface area contributed by atoms with Crippen molar-refractivity contribution in [2.45, 2.75) is 29.4 Å². The molecule has 3 aromatic rings. The highest BCUT2D eigenvalue weighted by atomic mass is 32.2. The van der Waals surface area contributed by atoms with Crippen LogP contribution in [0, 0.1) is 0 Å². The molecular formula is C25H27N5O2S. The van der Waals surface area contributed by atoms with Crippen LogP contribution in [-0.2, 0) is 17.8 Å². The summed E-state index contributed by atoms with van der Waals surface area (Å²) in [6.07, 6.45) is 3.06. The van der Waals surface area contributed by atoms with Gasteiger partial charge in [0.05, 0.1) is 6.20 Å². The Morgan fingerprint density at radius 1 is 1.03 bits per heavy atom. The molecule has 0 radical (unpaired) electrons. The molecule has 5 rings (SSSR count). The molecule has 1 saturated heterocycles. The minimum Gasteiger partial charge on any atom is -0.470 e. The maximum atomic E-state index is 11.8. The second-order valence-corrected chi connectivity index (χ2v) is 9.40. The molecule has 0 atom stereocenters. The quantitative estimate of drug-likeness (QED) is 0.598. The first-order valence-electron chi connectivity index (χ1n) is 11.2. The number of benzene rings is 2. The zero-order valence-electron chi connectivity index (χ0n) is 18.7. The molecule has 0 saturated carbocycles. The summed E-state index contributed by atoms with van der Waals surface area (Å²) in [6.45, 7) is 4.20. The number of aromatic nitrogens is 2. The molecule has 2 aromatic carbocycles. The predicted octanol–water partition coefficient (Wildman–Crippen LogP) is 3.84. The number of likely N-dealkylation sites (N-methyl/N-ethyl adjacent to an activating group) is 1. The van der Waals surface area contributed by atoms with Crippen molar-refractivity contribution in [3.63, 3.8) is 0 Å². The molecule has 2 aliphatic heterocycles. The monoisotopic (exact) mass is 461 g/mol. The van der Waals surface area contributed by atoms with E-state index < -0.39 is 0 Å².